The number of carbonyl (C=O) groups excluding carboxylic acids is 4. The standard InChI is InChI=1S/C18H23N5O4/c1-12(24)22-8-9-23(18(27)13-4-2-6-19-10-13)15(11-22)17(26)21-14-5-3-7-20-16(14)25/h2,4,6,10,14-15H,3,5,7-9,11H2,1H3,(H,20,25)(H,21,26)/t14-,15+/m0/s1. The van der Waals surface area contributed by atoms with Crippen molar-refractivity contribution < 1.29 is 19.2 Å². The first kappa shape index (κ1) is 18.8. The number of aromatic nitrogens is 1. The zero-order valence-electron chi connectivity index (χ0n) is 15.2. The summed E-state index contributed by atoms with van der Waals surface area (Å²) in [5.41, 5.74) is 0.377. The van der Waals surface area contributed by atoms with Crippen molar-refractivity contribution in [3.05, 3.63) is 30.1 Å². The van der Waals surface area contributed by atoms with Crippen LogP contribution < -0.4 is 10.6 Å². The molecule has 0 saturated carbocycles. The lowest BCUT2D eigenvalue weighted by Crippen LogP contribution is -2.63. The molecule has 3 rings (SSSR count). The van der Waals surface area contributed by atoms with Crippen molar-refractivity contribution in [3.63, 3.8) is 0 Å². The SMILES string of the molecule is CC(=O)N1CCN(C(=O)c2cccnc2)[C@@H](C(=O)N[C@H]2CCCNC2=O)C1. The second-order valence-corrected chi connectivity index (χ2v) is 6.72. The zero-order valence-corrected chi connectivity index (χ0v) is 15.2. The number of nitrogens with one attached hydrogen (secondary N) is 2. The van der Waals surface area contributed by atoms with Crippen molar-refractivity contribution in [2.75, 3.05) is 26.2 Å². The van der Waals surface area contributed by atoms with Crippen LogP contribution in [0.25, 0.3) is 0 Å². The van der Waals surface area contributed by atoms with Crippen LogP contribution in [0.4, 0.5) is 0 Å². The molecule has 9 nitrogen and oxygen atoms in total. The number of amides is 4. The van der Waals surface area contributed by atoms with Crippen LogP contribution in [0, 0.1) is 0 Å². The average molecular weight is 373 g/mol. The first-order valence-electron chi connectivity index (χ1n) is 9.02. The average Bonchev–Trinajstić information content (AvgIpc) is 2.69. The molecule has 2 atom stereocenters. The summed E-state index contributed by atoms with van der Waals surface area (Å²) in [6.45, 7) is 2.72. The molecule has 2 saturated heterocycles. The van der Waals surface area contributed by atoms with Gasteiger partial charge in [0.25, 0.3) is 5.91 Å². The molecule has 2 aliphatic heterocycles. The van der Waals surface area contributed by atoms with E-state index in [0.29, 0.717) is 25.1 Å². The second-order valence-electron chi connectivity index (χ2n) is 6.72. The predicted octanol–water partition coefficient (Wildman–Crippen LogP) is -0.851. The summed E-state index contributed by atoms with van der Waals surface area (Å²) in [6.07, 6.45) is 4.34. The van der Waals surface area contributed by atoms with Gasteiger partial charge < -0.3 is 20.4 Å². The molecule has 27 heavy (non-hydrogen) atoms. The third-order valence-electron chi connectivity index (χ3n) is 4.90. The molecule has 2 fully saturated rings. The molecule has 9 heteroatoms. The Hall–Kier alpha value is -2.97. The van der Waals surface area contributed by atoms with Crippen molar-refractivity contribution in [1.82, 2.24) is 25.4 Å². The summed E-state index contributed by atoms with van der Waals surface area (Å²) in [7, 11) is 0. The molecule has 0 unspecified atom stereocenters. The molecule has 0 bridgehead atoms. The van der Waals surface area contributed by atoms with Gasteiger partial charge in [0, 0.05) is 39.0 Å². The predicted molar refractivity (Wildman–Crippen MR) is 95.5 cm³/mol. The zero-order chi connectivity index (χ0) is 19.4. The number of hydrogen-bond acceptors (Lipinski definition) is 5. The van der Waals surface area contributed by atoms with Crippen molar-refractivity contribution in [2.24, 2.45) is 0 Å². The van der Waals surface area contributed by atoms with Gasteiger partial charge in [0.15, 0.2) is 0 Å². The van der Waals surface area contributed by atoms with E-state index in [1.165, 1.54) is 22.9 Å². The minimum Gasteiger partial charge on any atom is -0.354 e. The highest BCUT2D eigenvalue weighted by atomic mass is 16.2. The van der Waals surface area contributed by atoms with Gasteiger partial charge >= 0.3 is 0 Å². The van der Waals surface area contributed by atoms with Gasteiger partial charge in [0.2, 0.25) is 17.7 Å². The van der Waals surface area contributed by atoms with Crippen LogP contribution in [0.15, 0.2) is 24.5 Å². The molecule has 0 spiro atoms. The Balaban J connectivity index is 1.78. The van der Waals surface area contributed by atoms with Gasteiger partial charge in [-0.25, -0.2) is 0 Å². The van der Waals surface area contributed by atoms with Crippen LogP contribution in [-0.2, 0) is 14.4 Å². The molecule has 0 radical (unpaired) electrons. The monoisotopic (exact) mass is 373 g/mol. The van der Waals surface area contributed by atoms with E-state index in [1.54, 1.807) is 18.3 Å². The van der Waals surface area contributed by atoms with Crippen LogP contribution in [0.2, 0.25) is 0 Å². The fourth-order valence-electron chi connectivity index (χ4n) is 3.37. The maximum absolute atomic E-state index is 12.9. The van der Waals surface area contributed by atoms with E-state index in [4.69, 9.17) is 0 Å². The maximum Gasteiger partial charge on any atom is 0.256 e. The third kappa shape index (κ3) is 4.24. The Labute approximate surface area is 157 Å². The molecule has 144 valence electrons. The van der Waals surface area contributed by atoms with Gasteiger partial charge in [-0.05, 0) is 25.0 Å². The van der Waals surface area contributed by atoms with E-state index in [0.717, 1.165) is 6.42 Å². The molecule has 4 amide bonds. The Morgan fingerprint density at radius 3 is 2.78 bits per heavy atom. The van der Waals surface area contributed by atoms with Gasteiger partial charge in [0.1, 0.15) is 12.1 Å². The summed E-state index contributed by atoms with van der Waals surface area (Å²) in [4.78, 5) is 56.4. The van der Waals surface area contributed by atoms with Gasteiger partial charge in [-0.15, -0.1) is 0 Å². The van der Waals surface area contributed by atoms with Gasteiger partial charge in [0.05, 0.1) is 12.1 Å². The largest absolute Gasteiger partial charge is 0.354 e. The molecular weight excluding hydrogens is 350 g/mol. The smallest absolute Gasteiger partial charge is 0.256 e. The summed E-state index contributed by atoms with van der Waals surface area (Å²) in [5.74, 6) is -1.13. The first-order valence-corrected chi connectivity index (χ1v) is 9.02. The lowest BCUT2D eigenvalue weighted by molar-refractivity contribution is -0.137. The Morgan fingerprint density at radius 2 is 2.11 bits per heavy atom. The highest BCUT2D eigenvalue weighted by Gasteiger charge is 2.38. The quantitative estimate of drug-likeness (QED) is 0.717. The Kier molecular flexibility index (Phi) is 5.68. The minimum atomic E-state index is -0.856. The molecule has 1 aromatic rings. The normalized spacial score (nSPS) is 22.8. The molecular formula is C18H23N5O4. The van der Waals surface area contributed by atoms with E-state index >= 15 is 0 Å². The summed E-state index contributed by atoms with van der Waals surface area (Å²) in [6, 6.07) is 1.82. The fraction of sp³-hybridized carbons (Fsp3) is 0.500. The highest BCUT2D eigenvalue weighted by Crippen LogP contribution is 2.15. The van der Waals surface area contributed by atoms with E-state index in [-0.39, 0.29) is 30.8 Å². The van der Waals surface area contributed by atoms with Crippen LogP contribution >= 0.6 is 0 Å². The lowest BCUT2D eigenvalue weighted by Gasteiger charge is -2.40. The van der Waals surface area contributed by atoms with E-state index in [9.17, 15) is 19.2 Å². The summed E-state index contributed by atoms with van der Waals surface area (Å²) in [5, 5.41) is 5.46. The number of nitrogens with zero attached hydrogens (tertiary/aromatic N) is 3. The summed E-state index contributed by atoms with van der Waals surface area (Å²) >= 11 is 0. The number of pyridine rings is 1. The van der Waals surface area contributed by atoms with E-state index < -0.39 is 18.0 Å². The molecule has 0 aliphatic carbocycles. The van der Waals surface area contributed by atoms with Crippen LogP contribution in [0.1, 0.15) is 30.1 Å². The Bertz CT molecular complexity index is 739. The number of piperazine rings is 1. The van der Waals surface area contributed by atoms with Gasteiger partial charge in [-0.1, -0.05) is 0 Å². The first-order chi connectivity index (χ1) is 13.0. The van der Waals surface area contributed by atoms with Crippen molar-refractivity contribution in [2.45, 2.75) is 31.8 Å². The van der Waals surface area contributed by atoms with Crippen molar-refractivity contribution >= 4 is 23.6 Å². The van der Waals surface area contributed by atoms with Crippen LogP contribution in [0.3, 0.4) is 0 Å². The molecule has 3 heterocycles. The minimum absolute atomic E-state index is 0.0987. The van der Waals surface area contributed by atoms with Crippen molar-refractivity contribution in [3.8, 4) is 0 Å². The maximum atomic E-state index is 12.9. The number of piperidine rings is 1. The Morgan fingerprint density at radius 1 is 1.30 bits per heavy atom. The molecule has 1 aromatic heterocycles. The lowest BCUT2D eigenvalue weighted by atomic mass is 10.0. The third-order valence-corrected chi connectivity index (χ3v) is 4.90. The van der Waals surface area contributed by atoms with E-state index in [2.05, 4.69) is 15.6 Å². The summed E-state index contributed by atoms with van der Waals surface area (Å²) < 4.78 is 0. The molecule has 0 aromatic carbocycles. The van der Waals surface area contributed by atoms with E-state index in [1.807, 2.05) is 0 Å². The second kappa shape index (κ2) is 8.15. The number of rotatable bonds is 3. The number of carbonyl (C=O) groups is 4. The molecule has 2 N–H and O–H groups in total. The topological polar surface area (TPSA) is 112 Å². The van der Waals surface area contributed by atoms with Crippen LogP contribution in [-0.4, -0.2) is 76.7 Å². The van der Waals surface area contributed by atoms with Crippen LogP contribution in [0.5, 0.6) is 0 Å². The highest BCUT2D eigenvalue weighted by molar-refractivity contribution is 5.98. The molecule has 2 aliphatic rings. The van der Waals surface area contributed by atoms with Crippen molar-refractivity contribution in [1.29, 1.82) is 0 Å². The van der Waals surface area contributed by atoms with Gasteiger partial charge in [-0.2, -0.15) is 0 Å². The fourth-order valence-corrected chi connectivity index (χ4v) is 3.37. The number of hydrogen-bond donors (Lipinski definition) is 2. The van der Waals surface area contributed by atoms with Gasteiger partial charge in [-0.3, -0.25) is 24.2 Å².